The molecular formula is C41H61N7O7. The predicted octanol–water partition coefficient (Wildman–Crippen LogP) is 6.97. The lowest BCUT2D eigenvalue weighted by molar-refractivity contribution is -0.129. The number of nitrogens with zero attached hydrogens (tertiary/aromatic N) is 6. The molecule has 6 rings (SSSR count). The third-order valence-corrected chi connectivity index (χ3v) is 11.0. The lowest BCUT2D eigenvalue weighted by Crippen LogP contribution is -2.52. The third-order valence-electron chi connectivity index (χ3n) is 11.0. The van der Waals surface area contributed by atoms with Crippen molar-refractivity contribution in [3.05, 3.63) is 57.1 Å². The zero-order valence-corrected chi connectivity index (χ0v) is 33.4. The van der Waals surface area contributed by atoms with Crippen LogP contribution in [0.15, 0.2) is 11.8 Å². The van der Waals surface area contributed by atoms with Gasteiger partial charge >= 0.3 is 12.0 Å². The van der Waals surface area contributed by atoms with Gasteiger partial charge in [-0.25, -0.2) is 16.9 Å². The van der Waals surface area contributed by atoms with Crippen LogP contribution >= 0.6 is 0 Å². The first-order valence-electron chi connectivity index (χ1n) is 19.5. The molecule has 1 unspecified atom stereocenters. The first kappa shape index (κ1) is 44.7. The minimum Gasteiger partial charge on any atom is -0.478 e. The number of allylic oxidation sites excluding steroid dienone is 2. The van der Waals surface area contributed by atoms with Crippen molar-refractivity contribution < 1.29 is 35.1 Å². The van der Waals surface area contributed by atoms with E-state index in [2.05, 4.69) is 38.5 Å². The van der Waals surface area contributed by atoms with Gasteiger partial charge in [-0.1, -0.05) is 48.6 Å². The lowest BCUT2D eigenvalue weighted by Gasteiger charge is -2.47. The molecule has 0 aromatic carbocycles. The Morgan fingerprint density at radius 2 is 1.31 bits per heavy atom. The van der Waals surface area contributed by atoms with Crippen molar-refractivity contribution in [2.75, 3.05) is 33.5 Å². The van der Waals surface area contributed by atoms with Crippen LogP contribution < -0.4 is 24.4 Å². The van der Waals surface area contributed by atoms with E-state index in [0.29, 0.717) is 50.6 Å². The molecule has 0 radical (unpaired) electrons. The van der Waals surface area contributed by atoms with Crippen LogP contribution in [0.3, 0.4) is 0 Å². The highest BCUT2D eigenvalue weighted by molar-refractivity contribution is 6.00. The number of ketones is 2. The molecule has 4 aliphatic carbocycles. The number of hydrogen-bond donors (Lipinski definition) is 2. The SMILES string of the molecule is C.CNO.[3H]C.[C-]#[N+]C1=C[C@]2(C)c3nc(OCC)nc(OCC)c3CC[C@H]2[C@H](C)C1=O.[C-]#[N+]C1C[C@]2(C)c3nc(OCC)nc(OCC)c3CC[C@H]2[C@H](C)C1=O. The topological polar surface area (TPSA) is 164 Å². The Morgan fingerprint density at radius 3 is 1.78 bits per heavy atom. The fourth-order valence-electron chi connectivity index (χ4n) is 8.69. The Morgan fingerprint density at radius 1 is 0.836 bits per heavy atom. The van der Waals surface area contributed by atoms with Gasteiger partial charge in [0.25, 0.3) is 6.04 Å². The molecule has 55 heavy (non-hydrogen) atoms. The van der Waals surface area contributed by atoms with Gasteiger partial charge in [0.05, 0.1) is 44.4 Å². The number of nitrogens with one attached hydrogen (secondary N) is 1. The summed E-state index contributed by atoms with van der Waals surface area (Å²) in [6.45, 7) is 32.5. The van der Waals surface area contributed by atoms with Gasteiger partial charge in [-0.3, -0.25) is 4.79 Å². The summed E-state index contributed by atoms with van der Waals surface area (Å²) in [5, 5.41) is 7.32. The number of aromatic nitrogens is 4. The van der Waals surface area contributed by atoms with Crippen molar-refractivity contribution in [1.82, 2.24) is 25.4 Å². The van der Waals surface area contributed by atoms with E-state index in [-0.39, 0.29) is 59.8 Å². The number of carbonyl (C=O) groups excluding carboxylic acids is 2. The van der Waals surface area contributed by atoms with Gasteiger partial charge in [0.2, 0.25) is 23.2 Å². The summed E-state index contributed by atoms with van der Waals surface area (Å²) >= 11 is 0. The molecule has 0 aliphatic heterocycles. The molecule has 1 fully saturated rings. The van der Waals surface area contributed by atoms with Crippen LogP contribution in [0.1, 0.15) is 113 Å². The molecule has 2 N–H and O–H groups in total. The summed E-state index contributed by atoms with van der Waals surface area (Å²) in [5.41, 5.74) is 4.82. The Hall–Kier alpha value is -4.66. The van der Waals surface area contributed by atoms with Gasteiger partial charge in [-0.15, -0.1) is 0 Å². The van der Waals surface area contributed by atoms with Gasteiger partial charge in [0.15, 0.2) is 5.78 Å². The van der Waals surface area contributed by atoms with Gasteiger partial charge in [0, 0.05) is 48.6 Å². The van der Waals surface area contributed by atoms with Crippen LogP contribution in [0, 0.1) is 36.8 Å². The Kier molecular flexibility index (Phi) is 16.1. The molecule has 0 bridgehead atoms. The molecule has 7 atom stereocenters. The van der Waals surface area contributed by atoms with Crippen LogP contribution in [0.2, 0.25) is 0 Å². The molecule has 2 aromatic rings. The number of rotatable bonds is 8. The first-order valence-corrected chi connectivity index (χ1v) is 18.5. The van der Waals surface area contributed by atoms with Crippen molar-refractivity contribution in [3.8, 4) is 23.8 Å². The molecule has 2 heterocycles. The molecule has 1 saturated carbocycles. The highest BCUT2D eigenvalue weighted by Crippen LogP contribution is 2.53. The maximum atomic E-state index is 12.5. The second-order valence-electron chi connectivity index (χ2n) is 14.1. The fourth-order valence-corrected chi connectivity index (χ4v) is 8.69. The maximum Gasteiger partial charge on any atom is 0.319 e. The molecule has 0 spiro atoms. The second kappa shape index (κ2) is 19.8. The molecule has 302 valence electrons. The average molecular weight is 766 g/mol. The van der Waals surface area contributed by atoms with Gasteiger partial charge in [-0.05, 0) is 65.2 Å². The van der Waals surface area contributed by atoms with Crippen LogP contribution in [-0.2, 0) is 33.3 Å². The zero-order valence-electron chi connectivity index (χ0n) is 34.4. The maximum absolute atomic E-state index is 12.5. The summed E-state index contributed by atoms with van der Waals surface area (Å²) in [6, 6.07) is 0.00707. The Labute approximate surface area is 328 Å². The number of ether oxygens (including phenoxy) is 4. The predicted molar refractivity (Wildman–Crippen MR) is 209 cm³/mol. The minimum absolute atomic E-state index is 0. The van der Waals surface area contributed by atoms with E-state index in [1.807, 2.05) is 41.5 Å². The zero-order chi connectivity index (χ0) is 41.1. The fraction of sp³-hybridized carbons (Fsp3) is 0.659. The summed E-state index contributed by atoms with van der Waals surface area (Å²) in [7, 11) is 2.68. The van der Waals surface area contributed by atoms with Crippen molar-refractivity contribution in [2.45, 2.75) is 119 Å². The van der Waals surface area contributed by atoms with Crippen LogP contribution in [-0.4, -0.2) is 76.2 Å². The normalized spacial score (nSPS) is 27.0. The number of fused-ring (bicyclic) bond motifs is 6. The van der Waals surface area contributed by atoms with Crippen molar-refractivity contribution in [2.24, 2.45) is 23.7 Å². The van der Waals surface area contributed by atoms with Crippen LogP contribution in [0.5, 0.6) is 23.8 Å². The summed E-state index contributed by atoms with van der Waals surface area (Å²) < 4.78 is 28.3. The number of Topliss-reactive ketones (excluding diaryl/α,β-unsaturated/α-hetero) is 2. The molecule has 14 heteroatoms. The number of hydrogen-bond acceptors (Lipinski definition) is 12. The van der Waals surface area contributed by atoms with E-state index in [9.17, 15) is 9.59 Å². The van der Waals surface area contributed by atoms with Gasteiger partial charge in [-0.2, -0.15) is 19.9 Å². The highest BCUT2D eigenvalue weighted by Gasteiger charge is 2.56. The summed E-state index contributed by atoms with van der Waals surface area (Å²) in [4.78, 5) is 50.2. The van der Waals surface area contributed by atoms with E-state index >= 15 is 0 Å². The summed E-state index contributed by atoms with van der Waals surface area (Å²) in [6.07, 6.45) is 5.58. The van der Waals surface area contributed by atoms with E-state index in [1.165, 1.54) is 14.5 Å². The van der Waals surface area contributed by atoms with E-state index in [0.717, 1.165) is 48.2 Å². The molecular weight excluding hydrogens is 702 g/mol. The number of carbonyl (C=O) groups is 2. The average Bonchev–Trinajstić information content (AvgIpc) is 3.17. The van der Waals surface area contributed by atoms with Crippen molar-refractivity contribution in [3.63, 3.8) is 0 Å². The largest absolute Gasteiger partial charge is 0.478 e. The smallest absolute Gasteiger partial charge is 0.319 e. The Bertz CT molecular complexity index is 1790. The molecule has 0 saturated heterocycles. The first-order chi connectivity index (χ1) is 26.3. The molecule has 4 aliphatic rings. The summed E-state index contributed by atoms with van der Waals surface area (Å²) in [5.74, 6) is 1.11. The minimum atomic E-state index is -0.594. The van der Waals surface area contributed by atoms with E-state index in [4.69, 9.17) is 43.7 Å². The monoisotopic (exact) mass is 765 g/mol. The van der Waals surface area contributed by atoms with Gasteiger partial charge in [0.1, 0.15) is 0 Å². The van der Waals surface area contributed by atoms with Crippen LogP contribution in [0.25, 0.3) is 9.69 Å². The van der Waals surface area contributed by atoms with Crippen LogP contribution in [0.4, 0.5) is 0 Å². The van der Waals surface area contributed by atoms with Crippen molar-refractivity contribution >= 4 is 11.6 Å². The molecule has 0 amide bonds. The number of hydroxylamine groups is 1. The standard InChI is InChI=1S/C19H25N3O3.C19H23N3O3.CH5NO.2CH4/c2*1-6-24-17-12-8-9-13-11(3)15(23)14(20-5)10-19(13,4)16(12)21-18(22-17)25-7-2;1-2-3;;/h11,13-14H,6-10H2,1-4H3;10-11,13H,6-9H2,1-4H3;2-3H,1H3;2*1H4/t11-,13-,14?,19-;11-,13-,19-;;;/m00.../s1/i;;;1T;. The highest BCUT2D eigenvalue weighted by atomic mass is 16.5. The Balaban J connectivity index is 0.000000342. The van der Waals surface area contributed by atoms with E-state index < -0.39 is 11.5 Å². The van der Waals surface area contributed by atoms with E-state index in [1.54, 1.807) is 11.6 Å². The third kappa shape index (κ3) is 8.92. The van der Waals surface area contributed by atoms with Crippen molar-refractivity contribution in [1.29, 1.82) is 0 Å². The second-order valence-corrected chi connectivity index (χ2v) is 14.1. The van der Waals surface area contributed by atoms with Gasteiger partial charge < -0.3 is 33.8 Å². The molecule has 2 aromatic heterocycles. The lowest BCUT2D eigenvalue weighted by atomic mass is 9.55. The molecule has 14 nitrogen and oxygen atoms in total. The quantitative estimate of drug-likeness (QED) is 0.210.